The second-order valence-electron chi connectivity index (χ2n) is 8.00. The van der Waals surface area contributed by atoms with Gasteiger partial charge in [0.2, 0.25) is 5.69 Å². The maximum atomic E-state index is 2.43. The molecule has 2 aromatic carbocycles. The van der Waals surface area contributed by atoms with Crippen LogP contribution < -0.4 is 4.57 Å². The Labute approximate surface area is 156 Å². The van der Waals surface area contributed by atoms with Gasteiger partial charge in [-0.3, -0.25) is 0 Å². The Morgan fingerprint density at radius 1 is 0.846 bits per heavy atom. The van der Waals surface area contributed by atoms with Crippen molar-refractivity contribution in [2.24, 2.45) is 7.05 Å². The molecule has 0 N–H and O–H groups in total. The minimum absolute atomic E-state index is 1.09. The van der Waals surface area contributed by atoms with Crippen molar-refractivity contribution >= 4 is 0 Å². The molecule has 0 saturated heterocycles. The summed E-state index contributed by atoms with van der Waals surface area (Å²) in [5, 5.41) is 0. The molecule has 0 aliphatic heterocycles. The van der Waals surface area contributed by atoms with Crippen molar-refractivity contribution < 1.29 is 4.57 Å². The van der Waals surface area contributed by atoms with E-state index in [0.29, 0.717) is 0 Å². The zero-order valence-electron chi connectivity index (χ0n) is 15.8. The molecule has 1 nitrogen and oxygen atoms in total. The van der Waals surface area contributed by atoms with Gasteiger partial charge in [0, 0.05) is 12.1 Å². The van der Waals surface area contributed by atoms with Crippen molar-refractivity contribution in [2.45, 2.75) is 45.4 Å². The maximum absolute atomic E-state index is 2.43. The van der Waals surface area contributed by atoms with Crippen molar-refractivity contribution in [3.63, 3.8) is 0 Å². The number of hydrogen-bond acceptors (Lipinski definition) is 0. The van der Waals surface area contributed by atoms with E-state index in [1.54, 1.807) is 11.1 Å². The van der Waals surface area contributed by atoms with Crippen molar-refractivity contribution in [3.05, 3.63) is 76.5 Å². The average Bonchev–Trinajstić information content (AvgIpc) is 3.02. The largest absolute Gasteiger partial charge is 0.213 e. The number of nitrogens with zero attached hydrogens (tertiary/aromatic N) is 1. The predicted octanol–water partition coefficient (Wildman–Crippen LogP) is 5.33. The molecule has 1 aromatic heterocycles. The second-order valence-corrected chi connectivity index (χ2v) is 8.00. The summed E-state index contributed by atoms with van der Waals surface area (Å²) >= 11 is 0. The van der Waals surface area contributed by atoms with Crippen molar-refractivity contribution in [1.29, 1.82) is 0 Å². The van der Waals surface area contributed by atoms with Gasteiger partial charge in [0.15, 0.2) is 6.20 Å². The number of rotatable bonds is 0. The minimum atomic E-state index is 1.09. The first-order chi connectivity index (χ1) is 12.7. The molecule has 1 heteroatoms. The predicted molar refractivity (Wildman–Crippen MR) is 107 cm³/mol. The van der Waals surface area contributed by atoms with E-state index >= 15 is 0 Å². The highest BCUT2D eigenvalue weighted by Crippen LogP contribution is 2.44. The first-order valence-corrected chi connectivity index (χ1v) is 9.95. The Hall–Kier alpha value is -2.41. The van der Waals surface area contributed by atoms with Gasteiger partial charge in [0.25, 0.3) is 0 Å². The van der Waals surface area contributed by atoms with Gasteiger partial charge in [0.1, 0.15) is 7.05 Å². The van der Waals surface area contributed by atoms with Gasteiger partial charge < -0.3 is 0 Å². The molecule has 0 fully saturated rings. The molecule has 3 aromatic rings. The lowest BCUT2D eigenvalue weighted by molar-refractivity contribution is -0.660. The highest BCUT2D eigenvalue weighted by Gasteiger charge is 2.27. The Balaban J connectivity index is 1.81. The molecule has 26 heavy (non-hydrogen) atoms. The molecule has 0 radical (unpaired) electrons. The summed E-state index contributed by atoms with van der Waals surface area (Å²) in [6.45, 7) is 2.27. The number of aryl methyl sites for hydroxylation is 4. The van der Waals surface area contributed by atoms with Crippen LogP contribution in [0.3, 0.4) is 0 Å². The topological polar surface area (TPSA) is 3.88 Å². The third-order valence-corrected chi connectivity index (χ3v) is 6.32. The molecule has 0 saturated carbocycles. The standard InChI is InChI=1S/C25H26N/c1-17-11-12-21-20-10-6-9-19-8-5-3-4-7-18-13-14-26(2)24(15-18)25(17)23(21)16-22(19)20/h6,9-15H,3-5,7-8,16H2,1-2H3/q+1. The Morgan fingerprint density at radius 2 is 1.69 bits per heavy atom. The second kappa shape index (κ2) is 6.09. The lowest BCUT2D eigenvalue weighted by Gasteiger charge is -2.12. The first kappa shape index (κ1) is 15.8. The van der Waals surface area contributed by atoms with Gasteiger partial charge in [-0.2, -0.15) is 0 Å². The van der Waals surface area contributed by atoms with Gasteiger partial charge in [-0.1, -0.05) is 36.8 Å². The van der Waals surface area contributed by atoms with Crippen LogP contribution in [0.5, 0.6) is 0 Å². The zero-order valence-corrected chi connectivity index (χ0v) is 15.8. The monoisotopic (exact) mass is 340 g/mol. The summed E-state index contributed by atoms with van der Waals surface area (Å²) in [6.07, 6.45) is 9.64. The summed E-state index contributed by atoms with van der Waals surface area (Å²) in [5.41, 5.74) is 13.3. The van der Waals surface area contributed by atoms with Gasteiger partial charge in [-0.15, -0.1) is 0 Å². The lowest BCUT2D eigenvalue weighted by atomic mass is 9.93. The fourth-order valence-corrected chi connectivity index (χ4v) is 4.90. The third kappa shape index (κ3) is 2.41. The van der Waals surface area contributed by atoms with Crippen LogP contribution in [0.1, 0.15) is 47.1 Å². The summed E-state index contributed by atoms with van der Waals surface area (Å²) in [4.78, 5) is 0. The summed E-state index contributed by atoms with van der Waals surface area (Å²) in [5.74, 6) is 0. The Bertz CT molecular complexity index is 1010. The van der Waals surface area contributed by atoms with E-state index < -0.39 is 0 Å². The molecule has 0 amide bonds. The SMILES string of the molecule is Cc1ccc2c3c1-c1cc(cc[n+]1C)CCCCCc1cccc-2c1C3. The number of benzene rings is 2. The van der Waals surface area contributed by atoms with E-state index in [1.165, 1.54) is 71.2 Å². The van der Waals surface area contributed by atoms with Crippen LogP contribution in [-0.2, 0) is 26.3 Å². The molecule has 1 heterocycles. The molecule has 2 aliphatic rings. The van der Waals surface area contributed by atoms with Crippen LogP contribution in [-0.4, -0.2) is 0 Å². The summed E-state index contributed by atoms with van der Waals surface area (Å²) in [6, 6.07) is 16.3. The Kier molecular flexibility index (Phi) is 3.70. The van der Waals surface area contributed by atoms with Crippen LogP contribution >= 0.6 is 0 Å². The highest BCUT2D eigenvalue weighted by atomic mass is 14.9. The maximum Gasteiger partial charge on any atom is 0.213 e. The van der Waals surface area contributed by atoms with E-state index in [-0.39, 0.29) is 0 Å². The molecule has 5 rings (SSSR count). The molecular formula is C25H26N+. The quantitative estimate of drug-likeness (QED) is 0.381. The van der Waals surface area contributed by atoms with E-state index in [0.717, 1.165) is 6.42 Å². The van der Waals surface area contributed by atoms with Crippen LogP contribution in [0, 0.1) is 6.92 Å². The van der Waals surface area contributed by atoms with Crippen LogP contribution in [0.25, 0.3) is 22.4 Å². The molecule has 0 atom stereocenters. The summed E-state index contributed by atoms with van der Waals surface area (Å²) in [7, 11) is 2.18. The van der Waals surface area contributed by atoms with E-state index in [2.05, 4.69) is 67.2 Å². The van der Waals surface area contributed by atoms with Gasteiger partial charge in [0.05, 0.1) is 5.56 Å². The number of fused-ring (bicyclic) bond motifs is 4. The highest BCUT2D eigenvalue weighted by molar-refractivity contribution is 5.85. The van der Waals surface area contributed by atoms with Crippen molar-refractivity contribution in [2.75, 3.05) is 0 Å². The number of hydrogen-bond donors (Lipinski definition) is 0. The molecule has 0 unspecified atom stereocenters. The zero-order chi connectivity index (χ0) is 17.7. The third-order valence-electron chi connectivity index (χ3n) is 6.32. The van der Waals surface area contributed by atoms with Crippen LogP contribution in [0.4, 0.5) is 0 Å². The normalized spacial score (nSPS) is 15.2. The van der Waals surface area contributed by atoms with E-state index in [4.69, 9.17) is 0 Å². The Morgan fingerprint density at radius 3 is 2.62 bits per heavy atom. The van der Waals surface area contributed by atoms with Gasteiger partial charge in [-0.05, 0) is 78.0 Å². The molecular weight excluding hydrogens is 314 g/mol. The van der Waals surface area contributed by atoms with Gasteiger partial charge in [-0.25, -0.2) is 4.57 Å². The number of pyridine rings is 1. The fourth-order valence-electron chi connectivity index (χ4n) is 4.90. The molecule has 4 bridgehead atoms. The molecule has 130 valence electrons. The lowest BCUT2D eigenvalue weighted by Crippen LogP contribution is -2.31. The van der Waals surface area contributed by atoms with Crippen molar-refractivity contribution in [3.8, 4) is 22.4 Å². The summed E-state index contributed by atoms with van der Waals surface area (Å²) < 4.78 is 2.30. The number of aromatic nitrogens is 1. The minimum Gasteiger partial charge on any atom is -0.201 e. The van der Waals surface area contributed by atoms with E-state index in [9.17, 15) is 0 Å². The molecule has 2 aliphatic carbocycles. The average molecular weight is 340 g/mol. The molecule has 0 spiro atoms. The van der Waals surface area contributed by atoms with Crippen LogP contribution in [0.15, 0.2) is 48.7 Å². The van der Waals surface area contributed by atoms with Crippen LogP contribution in [0.2, 0.25) is 0 Å². The first-order valence-electron chi connectivity index (χ1n) is 9.95. The van der Waals surface area contributed by atoms with Crippen molar-refractivity contribution in [1.82, 2.24) is 0 Å². The fraction of sp³-hybridized carbons (Fsp3) is 0.320. The van der Waals surface area contributed by atoms with E-state index in [1.807, 2.05) is 0 Å². The smallest absolute Gasteiger partial charge is 0.201 e. The van der Waals surface area contributed by atoms with Gasteiger partial charge >= 0.3 is 0 Å².